The topological polar surface area (TPSA) is 42.7 Å². The maximum atomic E-state index is 4.83. The first-order valence-electron chi connectivity index (χ1n) is 7.33. The van der Waals surface area contributed by atoms with E-state index >= 15 is 0 Å². The minimum absolute atomic E-state index is 0.391. The Bertz CT molecular complexity index is 560. The molecule has 4 heteroatoms. The van der Waals surface area contributed by atoms with E-state index in [-0.39, 0.29) is 0 Å². The van der Waals surface area contributed by atoms with Crippen LogP contribution in [0.1, 0.15) is 45.0 Å². The lowest BCUT2D eigenvalue weighted by atomic mass is 9.94. The molecule has 0 bridgehead atoms. The van der Waals surface area contributed by atoms with Gasteiger partial charge in [-0.25, -0.2) is 4.98 Å². The molecular weight excluding hydrogens is 236 g/mol. The Hall–Kier alpha value is -1.42. The van der Waals surface area contributed by atoms with Crippen LogP contribution in [0.15, 0.2) is 18.5 Å². The number of rotatable bonds is 3. The van der Waals surface area contributed by atoms with Gasteiger partial charge in [0.1, 0.15) is 11.3 Å². The van der Waals surface area contributed by atoms with Crippen LogP contribution in [0.25, 0.3) is 11.0 Å². The van der Waals surface area contributed by atoms with E-state index in [1.54, 1.807) is 0 Å². The van der Waals surface area contributed by atoms with Gasteiger partial charge in [0.2, 0.25) is 0 Å². The fourth-order valence-electron chi connectivity index (χ4n) is 3.03. The Labute approximate surface area is 114 Å². The van der Waals surface area contributed by atoms with Crippen LogP contribution in [-0.2, 0) is 6.54 Å². The van der Waals surface area contributed by atoms with Crippen molar-refractivity contribution in [3.05, 3.63) is 24.3 Å². The van der Waals surface area contributed by atoms with Gasteiger partial charge >= 0.3 is 0 Å². The summed E-state index contributed by atoms with van der Waals surface area (Å²) in [5, 5.41) is 3.62. The van der Waals surface area contributed by atoms with Crippen molar-refractivity contribution >= 4 is 11.0 Å². The summed E-state index contributed by atoms with van der Waals surface area (Å²) >= 11 is 0. The zero-order chi connectivity index (χ0) is 13.2. The van der Waals surface area contributed by atoms with Crippen molar-refractivity contribution in [3.63, 3.8) is 0 Å². The lowest BCUT2D eigenvalue weighted by molar-refractivity contribution is 0.310. The average Bonchev–Trinajstić information content (AvgIpc) is 2.79. The molecule has 3 rings (SSSR count). The number of aromatic nitrogens is 3. The number of nitrogens with zero attached hydrogens (tertiary/aromatic N) is 3. The normalized spacial score (nSPS) is 23.9. The molecule has 2 atom stereocenters. The van der Waals surface area contributed by atoms with Crippen molar-refractivity contribution in [2.75, 3.05) is 6.54 Å². The number of imidazole rings is 1. The summed E-state index contributed by atoms with van der Waals surface area (Å²) in [7, 11) is 0. The molecule has 3 heterocycles. The van der Waals surface area contributed by atoms with Crippen molar-refractivity contribution in [2.24, 2.45) is 5.92 Å². The first-order valence-corrected chi connectivity index (χ1v) is 7.33. The fourth-order valence-corrected chi connectivity index (χ4v) is 3.03. The number of hydrogen-bond donors (Lipinski definition) is 1. The molecule has 2 aromatic rings. The smallest absolute Gasteiger partial charge is 0.127 e. The van der Waals surface area contributed by atoms with E-state index in [0.29, 0.717) is 6.04 Å². The molecule has 19 heavy (non-hydrogen) atoms. The second-order valence-electron chi connectivity index (χ2n) is 5.62. The second-order valence-corrected chi connectivity index (χ2v) is 5.62. The molecule has 1 N–H and O–H groups in total. The van der Waals surface area contributed by atoms with Crippen LogP contribution < -0.4 is 5.32 Å². The van der Waals surface area contributed by atoms with Crippen molar-refractivity contribution < 1.29 is 0 Å². The summed E-state index contributed by atoms with van der Waals surface area (Å²) in [5.41, 5.74) is 2.23. The van der Waals surface area contributed by atoms with E-state index in [4.69, 9.17) is 4.98 Å². The summed E-state index contributed by atoms with van der Waals surface area (Å²) in [6.45, 7) is 6.68. The van der Waals surface area contributed by atoms with Gasteiger partial charge in [-0.1, -0.05) is 13.8 Å². The van der Waals surface area contributed by atoms with Crippen molar-refractivity contribution in [1.29, 1.82) is 0 Å². The van der Waals surface area contributed by atoms with E-state index in [1.807, 2.05) is 12.4 Å². The Morgan fingerprint density at radius 1 is 1.47 bits per heavy atom. The quantitative estimate of drug-likeness (QED) is 0.920. The predicted molar refractivity (Wildman–Crippen MR) is 77.0 cm³/mol. The first-order chi connectivity index (χ1) is 9.29. The molecule has 0 saturated carbocycles. The lowest BCUT2D eigenvalue weighted by Crippen LogP contribution is -2.32. The Balaban J connectivity index is 2.03. The standard InChI is InChI=1S/C15H22N4/c1-3-8-19-14-5-6-16-10-13(14)18-15(19)12-9-11(2)4-7-17-12/h5-6,10-12,17H,3-4,7-9H2,1-2H3. The van der Waals surface area contributed by atoms with E-state index in [1.165, 1.54) is 24.2 Å². The lowest BCUT2D eigenvalue weighted by Gasteiger charge is -2.28. The molecule has 0 aliphatic carbocycles. The molecule has 0 spiro atoms. The van der Waals surface area contributed by atoms with Crippen LogP contribution in [0, 0.1) is 5.92 Å². The van der Waals surface area contributed by atoms with Crippen LogP contribution in [0.2, 0.25) is 0 Å². The van der Waals surface area contributed by atoms with Crippen LogP contribution in [0.3, 0.4) is 0 Å². The van der Waals surface area contributed by atoms with Crippen molar-refractivity contribution in [1.82, 2.24) is 19.9 Å². The number of nitrogens with one attached hydrogen (secondary N) is 1. The van der Waals surface area contributed by atoms with E-state index in [0.717, 1.165) is 30.9 Å². The van der Waals surface area contributed by atoms with Gasteiger partial charge in [-0.05, 0) is 37.8 Å². The highest BCUT2D eigenvalue weighted by atomic mass is 15.1. The summed E-state index contributed by atoms with van der Waals surface area (Å²) in [6.07, 6.45) is 7.31. The second kappa shape index (κ2) is 5.29. The van der Waals surface area contributed by atoms with Gasteiger partial charge in [0.25, 0.3) is 0 Å². The highest BCUT2D eigenvalue weighted by molar-refractivity contribution is 5.74. The Morgan fingerprint density at radius 3 is 3.16 bits per heavy atom. The molecule has 1 aliphatic rings. The average molecular weight is 258 g/mol. The molecule has 0 amide bonds. The highest BCUT2D eigenvalue weighted by Crippen LogP contribution is 2.28. The molecule has 2 aromatic heterocycles. The van der Waals surface area contributed by atoms with Crippen LogP contribution in [0.5, 0.6) is 0 Å². The largest absolute Gasteiger partial charge is 0.327 e. The third kappa shape index (κ3) is 2.37. The van der Waals surface area contributed by atoms with Crippen LogP contribution >= 0.6 is 0 Å². The molecule has 2 unspecified atom stereocenters. The third-order valence-electron chi connectivity index (χ3n) is 4.00. The number of fused-ring (bicyclic) bond motifs is 1. The maximum absolute atomic E-state index is 4.83. The molecule has 4 nitrogen and oxygen atoms in total. The first kappa shape index (κ1) is 12.6. The minimum atomic E-state index is 0.391. The molecule has 0 aromatic carbocycles. The molecular formula is C15H22N4. The Morgan fingerprint density at radius 2 is 2.37 bits per heavy atom. The van der Waals surface area contributed by atoms with E-state index in [9.17, 15) is 0 Å². The molecule has 102 valence electrons. The number of hydrogen-bond acceptors (Lipinski definition) is 3. The highest BCUT2D eigenvalue weighted by Gasteiger charge is 2.24. The van der Waals surface area contributed by atoms with Gasteiger partial charge in [-0.15, -0.1) is 0 Å². The third-order valence-corrected chi connectivity index (χ3v) is 4.00. The zero-order valence-electron chi connectivity index (χ0n) is 11.8. The predicted octanol–water partition coefficient (Wildman–Crippen LogP) is 2.90. The molecule has 1 aliphatic heterocycles. The summed E-state index contributed by atoms with van der Waals surface area (Å²) in [5.74, 6) is 1.97. The summed E-state index contributed by atoms with van der Waals surface area (Å²) in [6, 6.07) is 2.47. The van der Waals surface area contributed by atoms with Crippen molar-refractivity contribution in [2.45, 2.75) is 45.7 Å². The van der Waals surface area contributed by atoms with Gasteiger partial charge in [0.05, 0.1) is 17.8 Å². The molecule has 1 saturated heterocycles. The van der Waals surface area contributed by atoms with Gasteiger partial charge in [-0.3, -0.25) is 4.98 Å². The Kier molecular flexibility index (Phi) is 3.51. The zero-order valence-corrected chi connectivity index (χ0v) is 11.8. The SMILES string of the molecule is CCCn1c(C2CC(C)CCN2)nc2cnccc21. The number of piperidine rings is 1. The fraction of sp³-hybridized carbons (Fsp3) is 0.600. The number of aryl methyl sites for hydroxylation is 1. The van der Waals surface area contributed by atoms with E-state index < -0.39 is 0 Å². The van der Waals surface area contributed by atoms with Crippen LogP contribution in [-0.4, -0.2) is 21.1 Å². The van der Waals surface area contributed by atoms with Gasteiger partial charge in [0.15, 0.2) is 0 Å². The molecule has 0 radical (unpaired) electrons. The van der Waals surface area contributed by atoms with Gasteiger partial charge in [0, 0.05) is 12.7 Å². The monoisotopic (exact) mass is 258 g/mol. The number of pyridine rings is 1. The summed E-state index contributed by atoms with van der Waals surface area (Å²) < 4.78 is 2.37. The van der Waals surface area contributed by atoms with Gasteiger partial charge in [-0.2, -0.15) is 0 Å². The van der Waals surface area contributed by atoms with Crippen molar-refractivity contribution in [3.8, 4) is 0 Å². The molecule has 1 fully saturated rings. The summed E-state index contributed by atoms with van der Waals surface area (Å²) in [4.78, 5) is 9.02. The van der Waals surface area contributed by atoms with Crippen LogP contribution in [0.4, 0.5) is 0 Å². The minimum Gasteiger partial charge on any atom is -0.327 e. The van der Waals surface area contributed by atoms with Gasteiger partial charge < -0.3 is 9.88 Å². The van der Waals surface area contributed by atoms with E-state index in [2.05, 4.69) is 34.8 Å². The maximum Gasteiger partial charge on any atom is 0.127 e.